The summed E-state index contributed by atoms with van der Waals surface area (Å²) >= 11 is 9.23. The summed E-state index contributed by atoms with van der Waals surface area (Å²) in [4.78, 5) is 36.3. The summed E-state index contributed by atoms with van der Waals surface area (Å²) in [6, 6.07) is 5.91. The topological polar surface area (TPSA) is 125 Å². The van der Waals surface area contributed by atoms with Gasteiger partial charge in [-0.2, -0.15) is 0 Å². The first-order valence-electron chi connectivity index (χ1n) is 8.51. The quantitative estimate of drug-likeness (QED) is 0.547. The smallest absolute Gasteiger partial charge is 0.388 e. The number of amides is 3. The molecule has 1 aromatic carbocycles. The largest absolute Gasteiger partial charge is 0.414 e. The van der Waals surface area contributed by atoms with Crippen molar-refractivity contribution in [3.63, 3.8) is 0 Å². The molecule has 1 aliphatic heterocycles. The highest BCUT2D eigenvalue weighted by molar-refractivity contribution is 9.10. The van der Waals surface area contributed by atoms with E-state index in [1.165, 1.54) is 0 Å². The normalized spacial score (nSPS) is 16.6. The summed E-state index contributed by atoms with van der Waals surface area (Å²) in [5.74, 6) is -0.592. The average Bonchev–Trinajstić information content (AvgIpc) is 2.86. The maximum Gasteiger partial charge on any atom is 0.414 e. The minimum Gasteiger partial charge on any atom is -0.388 e. The first kappa shape index (κ1) is 20.2. The van der Waals surface area contributed by atoms with Crippen LogP contribution >= 0.6 is 27.5 Å². The number of H-pyrrole nitrogens is 1. The summed E-state index contributed by atoms with van der Waals surface area (Å²) < 4.78 is 5.38. The lowest BCUT2D eigenvalue weighted by Crippen LogP contribution is -2.46. The standard InChI is InChI=1S/C17H17BrClN5O4/c18-12-13(22-14(25)9-5-1-2-6-10(9)19)23-24-16(12)28-17(27)21-11-7-3-4-8-20-15(11)26/h1-2,5-6,11H,3-4,7-8H2,(H,20,26)(H,21,27)(H2,22,23,24,25)/t11-/m0/s1. The van der Waals surface area contributed by atoms with Crippen molar-refractivity contribution >= 4 is 51.3 Å². The van der Waals surface area contributed by atoms with Gasteiger partial charge in [0.25, 0.3) is 11.8 Å². The number of hydrogen-bond acceptors (Lipinski definition) is 5. The molecule has 9 nitrogen and oxygen atoms in total. The number of rotatable bonds is 4. The van der Waals surface area contributed by atoms with Crippen LogP contribution in [0, 0.1) is 0 Å². The van der Waals surface area contributed by atoms with Gasteiger partial charge >= 0.3 is 6.09 Å². The minimum atomic E-state index is -0.821. The molecule has 0 radical (unpaired) electrons. The molecule has 1 fully saturated rings. The molecular weight excluding hydrogens is 454 g/mol. The van der Waals surface area contributed by atoms with E-state index < -0.39 is 18.0 Å². The van der Waals surface area contributed by atoms with Crippen LogP contribution < -0.4 is 20.7 Å². The molecule has 11 heteroatoms. The molecule has 2 aromatic rings. The second-order valence-corrected chi connectivity index (χ2v) is 7.23. The molecule has 0 saturated carbocycles. The molecule has 28 heavy (non-hydrogen) atoms. The maximum atomic E-state index is 12.3. The van der Waals surface area contributed by atoms with Crippen LogP contribution in [0.25, 0.3) is 0 Å². The zero-order valence-electron chi connectivity index (χ0n) is 14.6. The summed E-state index contributed by atoms with van der Waals surface area (Å²) in [6.07, 6.45) is 1.38. The number of hydrogen-bond donors (Lipinski definition) is 4. The highest BCUT2D eigenvalue weighted by Crippen LogP contribution is 2.30. The van der Waals surface area contributed by atoms with Crippen molar-refractivity contribution in [1.29, 1.82) is 0 Å². The molecule has 0 aliphatic carbocycles. The molecule has 0 unspecified atom stereocenters. The predicted octanol–water partition coefficient (Wildman–Crippen LogP) is 2.83. The van der Waals surface area contributed by atoms with E-state index in [1.54, 1.807) is 24.3 Å². The van der Waals surface area contributed by atoms with Gasteiger partial charge in [0.15, 0.2) is 0 Å². The molecule has 2 heterocycles. The van der Waals surface area contributed by atoms with Crippen molar-refractivity contribution in [3.8, 4) is 5.88 Å². The Kier molecular flexibility index (Phi) is 6.53. The maximum absolute atomic E-state index is 12.3. The number of aromatic amines is 1. The number of anilines is 1. The predicted molar refractivity (Wildman–Crippen MR) is 106 cm³/mol. The van der Waals surface area contributed by atoms with E-state index in [0.29, 0.717) is 18.0 Å². The zero-order valence-corrected chi connectivity index (χ0v) is 16.9. The minimum absolute atomic E-state index is 0.0824. The Morgan fingerprint density at radius 1 is 1.29 bits per heavy atom. The molecule has 0 spiro atoms. The van der Waals surface area contributed by atoms with E-state index >= 15 is 0 Å². The van der Waals surface area contributed by atoms with E-state index in [0.717, 1.165) is 12.8 Å². The summed E-state index contributed by atoms with van der Waals surface area (Å²) in [6.45, 7) is 0.589. The van der Waals surface area contributed by atoms with Gasteiger partial charge in [-0.05, 0) is 47.3 Å². The zero-order chi connectivity index (χ0) is 20.1. The molecule has 0 bridgehead atoms. The molecule has 1 aliphatic rings. The van der Waals surface area contributed by atoms with Crippen molar-refractivity contribution in [3.05, 3.63) is 39.3 Å². The van der Waals surface area contributed by atoms with Gasteiger partial charge < -0.3 is 20.7 Å². The summed E-state index contributed by atoms with van der Waals surface area (Å²) in [7, 11) is 0. The second-order valence-electron chi connectivity index (χ2n) is 6.02. The van der Waals surface area contributed by atoms with Crippen LogP contribution in [-0.4, -0.2) is 40.7 Å². The van der Waals surface area contributed by atoms with Gasteiger partial charge in [0, 0.05) is 6.54 Å². The summed E-state index contributed by atoms with van der Waals surface area (Å²) in [5, 5.41) is 14.5. The average molecular weight is 471 g/mol. The van der Waals surface area contributed by atoms with Crippen molar-refractivity contribution in [2.75, 3.05) is 11.9 Å². The third-order valence-electron chi connectivity index (χ3n) is 4.05. The van der Waals surface area contributed by atoms with Gasteiger partial charge in [0.1, 0.15) is 16.3 Å². The molecule has 4 N–H and O–H groups in total. The number of nitrogens with one attached hydrogen (secondary N) is 4. The molecule has 3 rings (SSSR count). The van der Waals surface area contributed by atoms with Crippen molar-refractivity contribution in [2.45, 2.75) is 25.3 Å². The molecule has 3 amide bonds. The van der Waals surface area contributed by atoms with Gasteiger partial charge in [-0.25, -0.2) is 4.79 Å². The van der Waals surface area contributed by atoms with Gasteiger partial charge in [-0.3, -0.25) is 14.7 Å². The first-order chi connectivity index (χ1) is 13.5. The highest BCUT2D eigenvalue weighted by Gasteiger charge is 2.25. The van der Waals surface area contributed by atoms with E-state index in [9.17, 15) is 14.4 Å². The Hall–Kier alpha value is -2.59. The van der Waals surface area contributed by atoms with Crippen LogP contribution in [0.4, 0.5) is 10.6 Å². The van der Waals surface area contributed by atoms with Gasteiger partial charge in [-0.15, -0.1) is 5.10 Å². The highest BCUT2D eigenvalue weighted by atomic mass is 79.9. The SMILES string of the molecule is O=C(N[C@H]1CCCCNC1=O)Oc1n[nH]c(NC(=O)c2ccccc2Cl)c1Br. The van der Waals surface area contributed by atoms with Gasteiger partial charge in [0.2, 0.25) is 5.91 Å². The molecule has 1 aromatic heterocycles. The lowest BCUT2D eigenvalue weighted by Gasteiger charge is -2.14. The van der Waals surface area contributed by atoms with Gasteiger partial charge in [-0.1, -0.05) is 23.7 Å². The Labute approximate surface area is 173 Å². The lowest BCUT2D eigenvalue weighted by molar-refractivity contribution is -0.122. The van der Waals surface area contributed by atoms with E-state index in [2.05, 4.69) is 42.1 Å². The van der Waals surface area contributed by atoms with Gasteiger partial charge in [0.05, 0.1) is 10.6 Å². The van der Waals surface area contributed by atoms with E-state index in [-0.39, 0.29) is 27.6 Å². The molecule has 1 saturated heterocycles. The number of benzene rings is 1. The van der Waals surface area contributed by atoms with E-state index in [4.69, 9.17) is 16.3 Å². The van der Waals surface area contributed by atoms with Crippen molar-refractivity contribution in [1.82, 2.24) is 20.8 Å². The Bertz CT molecular complexity index is 903. The number of aromatic nitrogens is 2. The molecular formula is C17H17BrClN5O4. The second kappa shape index (κ2) is 9.07. The molecule has 1 atom stereocenters. The third-order valence-corrected chi connectivity index (χ3v) is 5.12. The van der Waals surface area contributed by atoms with Crippen LogP contribution in [0.15, 0.2) is 28.7 Å². The van der Waals surface area contributed by atoms with Crippen LogP contribution in [0.2, 0.25) is 5.02 Å². The lowest BCUT2D eigenvalue weighted by atomic mass is 10.1. The monoisotopic (exact) mass is 469 g/mol. The fraction of sp³-hybridized carbons (Fsp3) is 0.294. The number of ether oxygens (including phenoxy) is 1. The van der Waals surface area contributed by atoms with Crippen LogP contribution in [0.3, 0.4) is 0 Å². The number of nitrogens with zero attached hydrogens (tertiary/aromatic N) is 1. The third kappa shape index (κ3) is 4.82. The van der Waals surface area contributed by atoms with Crippen LogP contribution in [-0.2, 0) is 4.79 Å². The Balaban J connectivity index is 1.62. The van der Waals surface area contributed by atoms with Crippen molar-refractivity contribution < 1.29 is 19.1 Å². The Morgan fingerprint density at radius 3 is 2.86 bits per heavy atom. The number of halogens is 2. The molecule has 148 valence electrons. The van der Waals surface area contributed by atoms with Crippen LogP contribution in [0.5, 0.6) is 5.88 Å². The van der Waals surface area contributed by atoms with E-state index in [1.807, 2.05) is 0 Å². The van der Waals surface area contributed by atoms with Crippen LogP contribution in [0.1, 0.15) is 29.6 Å². The summed E-state index contributed by atoms with van der Waals surface area (Å²) in [5.41, 5.74) is 0.283. The number of carbonyl (C=O) groups excluding carboxylic acids is 3. The van der Waals surface area contributed by atoms with Crippen molar-refractivity contribution in [2.24, 2.45) is 0 Å². The first-order valence-corrected chi connectivity index (χ1v) is 9.68. The fourth-order valence-electron chi connectivity index (χ4n) is 2.63. The fourth-order valence-corrected chi connectivity index (χ4v) is 3.20. The number of carbonyl (C=O) groups is 3. The Morgan fingerprint density at radius 2 is 2.07 bits per heavy atom.